The van der Waals surface area contributed by atoms with Crippen molar-refractivity contribution in [2.24, 2.45) is 0 Å². The Bertz CT molecular complexity index is 836. The quantitative estimate of drug-likeness (QED) is 0.656. The number of methoxy groups -OCH3 is 1. The van der Waals surface area contributed by atoms with E-state index in [4.69, 9.17) is 4.74 Å². The molecule has 6 nitrogen and oxygen atoms in total. The summed E-state index contributed by atoms with van der Waals surface area (Å²) >= 11 is 0. The van der Waals surface area contributed by atoms with Crippen molar-refractivity contribution in [1.82, 2.24) is 10.0 Å². The number of amides is 1. The lowest BCUT2D eigenvalue weighted by Gasteiger charge is -2.11. The predicted octanol–water partition coefficient (Wildman–Crippen LogP) is 2.03. The first-order chi connectivity index (χ1) is 12.4. The van der Waals surface area contributed by atoms with Crippen molar-refractivity contribution in [3.05, 3.63) is 59.7 Å². The summed E-state index contributed by atoms with van der Waals surface area (Å²) in [6, 6.07) is 14.8. The number of carbonyl (C=O) groups is 1. The van der Waals surface area contributed by atoms with Crippen LogP contribution in [0.4, 0.5) is 0 Å². The Kier molecular flexibility index (Phi) is 7.17. The van der Waals surface area contributed by atoms with Crippen LogP contribution in [0.15, 0.2) is 53.4 Å². The second kappa shape index (κ2) is 9.35. The molecule has 0 aromatic heterocycles. The van der Waals surface area contributed by atoms with Gasteiger partial charge in [-0.15, -0.1) is 0 Å². The van der Waals surface area contributed by atoms with E-state index in [-0.39, 0.29) is 23.1 Å². The molecular weight excluding hydrogens is 352 g/mol. The fourth-order valence-electron chi connectivity index (χ4n) is 2.46. The largest absolute Gasteiger partial charge is 0.495 e. The Labute approximate surface area is 154 Å². The van der Waals surface area contributed by atoms with Gasteiger partial charge in [0, 0.05) is 6.54 Å². The Morgan fingerprint density at radius 1 is 1.12 bits per heavy atom. The minimum absolute atomic E-state index is 0.0249. The number of nitrogens with one attached hydrogen (secondary N) is 2. The average Bonchev–Trinajstić information content (AvgIpc) is 2.64. The van der Waals surface area contributed by atoms with E-state index in [0.29, 0.717) is 6.54 Å². The molecule has 0 saturated heterocycles. The molecule has 26 heavy (non-hydrogen) atoms. The number of hydrogen-bond acceptors (Lipinski definition) is 4. The van der Waals surface area contributed by atoms with Gasteiger partial charge in [0.15, 0.2) is 0 Å². The molecule has 0 fully saturated rings. The van der Waals surface area contributed by atoms with Crippen LogP contribution in [0.2, 0.25) is 0 Å². The molecule has 2 aromatic carbocycles. The summed E-state index contributed by atoms with van der Waals surface area (Å²) in [4.78, 5) is 11.9. The molecule has 0 spiro atoms. The maximum Gasteiger partial charge on any atom is 0.244 e. The molecule has 7 heteroatoms. The molecule has 2 rings (SSSR count). The third-order valence-corrected chi connectivity index (χ3v) is 5.26. The van der Waals surface area contributed by atoms with E-state index in [1.807, 2.05) is 30.3 Å². The molecule has 0 saturated carbocycles. The number of aryl methyl sites for hydroxylation is 2. The van der Waals surface area contributed by atoms with Gasteiger partial charge in [0.25, 0.3) is 0 Å². The maximum atomic E-state index is 12.4. The van der Waals surface area contributed by atoms with Crippen LogP contribution in [0.5, 0.6) is 5.75 Å². The molecule has 1 amide bonds. The van der Waals surface area contributed by atoms with Gasteiger partial charge in [-0.05, 0) is 43.0 Å². The zero-order valence-corrected chi connectivity index (χ0v) is 15.8. The molecule has 0 heterocycles. The van der Waals surface area contributed by atoms with E-state index in [1.165, 1.54) is 18.7 Å². The summed E-state index contributed by atoms with van der Waals surface area (Å²) in [7, 11) is -2.42. The normalized spacial score (nSPS) is 11.2. The van der Waals surface area contributed by atoms with E-state index in [9.17, 15) is 13.2 Å². The molecule has 2 N–H and O–H groups in total. The Morgan fingerprint density at radius 2 is 1.85 bits per heavy atom. The molecule has 0 aliphatic rings. The molecule has 0 unspecified atom stereocenters. The minimum atomic E-state index is -3.83. The van der Waals surface area contributed by atoms with Gasteiger partial charge in [-0.1, -0.05) is 36.4 Å². The summed E-state index contributed by atoms with van der Waals surface area (Å²) in [5, 5.41) is 2.72. The number of ether oxygens (including phenoxy) is 1. The first kappa shape index (κ1) is 19.9. The van der Waals surface area contributed by atoms with Crippen LogP contribution >= 0.6 is 0 Å². The van der Waals surface area contributed by atoms with E-state index < -0.39 is 10.0 Å². The highest BCUT2D eigenvalue weighted by Crippen LogP contribution is 2.24. The Hall–Kier alpha value is -2.38. The lowest BCUT2D eigenvalue weighted by Crippen LogP contribution is -2.37. The van der Waals surface area contributed by atoms with Crippen LogP contribution < -0.4 is 14.8 Å². The number of sulfonamides is 1. The van der Waals surface area contributed by atoms with Crippen molar-refractivity contribution in [1.29, 1.82) is 0 Å². The summed E-state index contributed by atoms with van der Waals surface area (Å²) < 4.78 is 32.2. The molecule has 0 atom stereocenters. The number of hydrogen-bond donors (Lipinski definition) is 2. The topological polar surface area (TPSA) is 84.5 Å². The van der Waals surface area contributed by atoms with Gasteiger partial charge in [0.05, 0.1) is 13.7 Å². The zero-order valence-electron chi connectivity index (χ0n) is 15.0. The van der Waals surface area contributed by atoms with Gasteiger partial charge in [0.2, 0.25) is 15.9 Å². The standard InChI is InChI=1S/C19H24N2O4S/c1-15-10-11-17(25-2)18(13-15)26(23,24)21-14-19(22)20-12-6-9-16-7-4-3-5-8-16/h3-5,7-8,10-11,13,21H,6,9,12,14H2,1-2H3,(H,20,22). The number of rotatable bonds is 9. The summed E-state index contributed by atoms with van der Waals surface area (Å²) in [6.45, 7) is 1.96. The van der Waals surface area contributed by atoms with Crippen molar-refractivity contribution in [2.45, 2.75) is 24.7 Å². The molecular formula is C19H24N2O4S. The third-order valence-electron chi connectivity index (χ3n) is 3.84. The van der Waals surface area contributed by atoms with Gasteiger partial charge >= 0.3 is 0 Å². The first-order valence-corrected chi connectivity index (χ1v) is 9.85. The maximum absolute atomic E-state index is 12.4. The number of benzene rings is 2. The molecule has 2 aromatic rings. The van der Waals surface area contributed by atoms with Crippen LogP contribution in [0.25, 0.3) is 0 Å². The summed E-state index contributed by atoms with van der Waals surface area (Å²) in [6.07, 6.45) is 1.64. The fraction of sp³-hybridized carbons (Fsp3) is 0.316. The third kappa shape index (κ3) is 5.86. The summed E-state index contributed by atoms with van der Waals surface area (Å²) in [5.74, 6) is -0.125. The zero-order chi connectivity index (χ0) is 19.0. The van der Waals surface area contributed by atoms with Crippen molar-refractivity contribution in [3.8, 4) is 5.75 Å². The molecule has 0 radical (unpaired) electrons. The Morgan fingerprint density at radius 3 is 2.54 bits per heavy atom. The Balaban J connectivity index is 1.82. The van der Waals surface area contributed by atoms with E-state index in [0.717, 1.165) is 18.4 Å². The fourth-order valence-corrected chi connectivity index (χ4v) is 3.69. The second-order valence-electron chi connectivity index (χ2n) is 5.92. The van der Waals surface area contributed by atoms with Crippen LogP contribution in [0, 0.1) is 6.92 Å². The van der Waals surface area contributed by atoms with Crippen LogP contribution in [0.3, 0.4) is 0 Å². The minimum Gasteiger partial charge on any atom is -0.495 e. The van der Waals surface area contributed by atoms with Gasteiger partial charge < -0.3 is 10.1 Å². The molecule has 0 aliphatic carbocycles. The number of carbonyl (C=O) groups excluding carboxylic acids is 1. The van der Waals surface area contributed by atoms with Crippen molar-refractivity contribution < 1.29 is 17.9 Å². The monoisotopic (exact) mass is 376 g/mol. The van der Waals surface area contributed by atoms with E-state index in [2.05, 4.69) is 10.0 Å². The average molecular weight is 376 g/mol. The van der Waals surface area contributed by atoms with E-state index in [1.54, 1.807) is 19.1 Å². The predicted molar refractivity (Wildman–Crippen MR) is 101 cm³/mol. The summed E-state index contributed by atoms with van der Waals surface area (Å²) in [5.41, 5.74) is 1.99. The first-order valence-electron chi connectivity index (χ1n) is 8.37. The molecule has 0 bridgehead atoms. The van der Waals surface area contributed by atoms with Crippen LogP contribution in [0.1, 0.15) is 17.5 Å². The highest BCUT2D eigenvalue weighted by Gasteiger charge is 2.20. The van der Waals surface area contributed by atoms with E-state index >= 15 is 0 Å². The van der Waals surface area contributed by atoms with Gasteiger partial charge in [-0.3, -0.25) is 4.79 Å². The highest BCUT2D eigenvalue weighted by molar-refractivity contribution is 7.89. The lowest BCUT2D eigenvalue weighted by atomic mass is 10.1. The molecule has 0 aliphatic heterocycles. The second-order valence-corrected chi connectivity index (χ2v) is 7.65. The van der Waals surface area contributed by atoms with Crippen LogP contribution in [-0.2, 0) is 21.2 Å². The van der Waals surface area contributed by atoms with Crippen molar-refractivity contribution in [2.75, 3.05) is 20.2 Å². The lowest BCUT2D eigenvalue weighted by molar-refractivity contribution is -0.119. The van der Waals surface area contributed by atoms with Crippen molar-refractivity contribution in [3.63, 3.8) is 0 Å². The van der Waals surface area contributed by atoms with Crippen molar-refractivity contribution >= 4 is 15.9 Å². The van der Waals surface area contributed by atoms with Gasteiger partial charge in [-0.2, -0.15) is 0 Å². The van der Waals surface area contributed by atoms with Gasteiger partial charge in [0.1, 0.15) is 10.6 Å². The van der Waals surface area contributed by atoms with Gasteiger partial charge in [-0.25, -0.2) is 13.1 Å². The van der Waals surface area contributed by atoms with Crippen LogP contribution in [-0.4, -0.2) is 34.5 Å². The SMILES string of the molecule is COc1ccc(C)cc1S(=O)(=O)NCC(=O)NCCCc1ccccc1. The highest BCUT2D eigenvalue weighted by atomic mass is 32.2. The molecule has 140 valence electrons. The smallest absolute Gasteiger partial charge is 0.244 e.